The first-order chi connectivity index (χ1) is 18.1. The van der Waals surface area contributed by atoms with Gasteiger partial charge in [0.15, 0.2) is 21.3 Å². The Balaban J connectivity index is 1.66. The fourth-order valence-electron chi connectivity index (χ4n) is 4.33. The Morgan fingerprint density at radius 3 is 2.29 bits per heavy atom. The number of benzene rings is 3. The van der Waals surface area contributed by atoms with Gasteiger partial charge >= 0.3 is 0 Å². The minimum atomic E-state index is -4.03. The molecule has 3 amide bonds. The van der Waals surface area contributed by atoms with E-state index < -0.39 is 33.4 Å². The van der Waals surface area contributed by atoms with Crippen LogP contribution in [0.3, 0.4) is 0 Å². The number of amides is 3. The van der Waals surface area contributed by atoms with Gasteiger partial charge in [0.2, 0.25) is 17.7 Å². The normalized spacial score (nSPS) is 16.1. The number of hydrogen-bond acceptors (Lipinski definition) is 7. The molecule has 3 aromatic carbocycles. The zero-order valence-electron chi connectivity index (χ0n) is 21.1. The number of ether oxygens (including phenoxy) is 2. The molecule has 1 unspecified atom stereocenters. The molecule has 10 nitrogen and oxygen atoms in total. The van der Waals surface area contributed by atoms with Crippen LogP contribution in [0.5, 0.6) is 11.5 Å². The first-order valence-electron chi connectivity index (χ1n) is 11.7. The third kappa shape index (κ3) is 5.47. The lowest BCUT2D eigenvalue weighted by Gasteiger charge is -2.22. The molecule has 2 N–H and O–H groups in total. The Labute approximate surface area is 220 Å². The molecule has 0 spiro atoms. The van der Waals surface area contributed by atoms with Crippen LogP contribution in [-0.2, 0) is 24.2 Å². The summed E-state index contributed by atoms with van der Waals surface area (Å²) in [6, 6.07) is 17.4. The molecule has 0 radical (unpaired) electrons. The lowest BCUT2D eigenvalue weighted by molar-refractivity contribution is -0.121. The Hall–Kier alpha value is -4.38. The molecule has 0 aromatic heterocycles. The van der Waals surface area contributed by atoms with Gasteiger partial charge in [-0.2, -0.15) is 0 Å². The van der Waals surface area contributed by atoms with Crippen molar-refractivity contribution in [3.63, 3.8) is 0 Å². The Morgan fingerprint density at radius 2 is 1.61 bits per heavy atom. The average Bonchev–Trinajstić information content (AvgIpc) is 2.96. The van der Waals surface area contributed by atoms with Crippen LogP contribution in [0.4, 0.5) is 17.1 Å². The second-order valence-corrected chi connectivity index (χ2v) is 10.7. The molecule has 1 atom stereocenters. The summed E-state index contributed by atoms with van der Waals surface area (Å²) < 4.78 is 38.2. The molecule has 0 saturated heterocycles. The van der Waals surface area contributed by atoms with E-state index in [2.05, 4.69) is 10.6 Å². The largest absolute Gasteiger partial charge is 0.493 e. The highest BCUT2D eigenvalue weighted by molar-refractivity contribution is 7.92. The molecule has 0 saturated carbocycles. The predicted octanol–water partition coefficient (Wildman–Crippen LogP) is 3.55. The van der Waals surface area contributed by atoms with Gasteiger partial charge in [0.1, 0.15) is 6.54 Å². The minimum Gasteiger partial charge on any atom is -0.493 e. The molecular formula is C27H27N3O7S. The molecule has 38 heavy (non-hydrogen) atoms. The molecule has 1 heterocycles. The van der Waals surface area contributed by atoms with Gasteiger partial charge in [-0.1, -0.05) is 24.3 Å². The van der Waals surface area contributed by atoms with Crippen molar-refractivity contribution in [2.75, 3.05) is 36.3 Å². The first-order valence-corrected chi connectivity index (χ1v) is 13.2. The van der Waals surface area contributed by atoms with E-state index >= 15 is 0 Å². The van der Waals surface area contributed by atoms with Crippen LogP contribution in [0.2, 0.25) is 0 Å². The summed E-state index contributed by atoms with van der Waals surface area (Å²) >= 11 is 0. The molecule has 0 bridgehead atoms. The van der Waals surface area contributed by atoms with Crippen LogP contribution in [0.25, 0.3) is 0 Å². The molecule has 4 rings (SSSR count). The van der Waals surface area contributed by atoms with E-state index in [0.717, 1.165) is 0 Å². The Kier molecular flexibility index (Phi) is 7.67. The second kappa shape index (κ2) is 10.9. The van der Waals surface area contributed by atoms with Gasteiger partial charge in [-0.3, -0.25) is 14.4 Å². The van der Waals surface area contributed by atoms with Crippen molar-refractivity contribution < 1.29 is 32.3 Å². The maximum Gasteiger partial charge on any atom is 0.244 e. The van der Waals surface area contributed by atoms with Crippen molar-refractivity contribution >= 4 is 44.6 Å². The molecule has 11 heteroatoms. The summed E-state index contributed by atoms with van der Waals surface area (Å²) in [6.07, 6.45) is -0.377. The van der Waals surface area contributed by atoms with Gasteiger partial charge in [-0.25, -0.2) is 8.42 Å². The molecule has 3 aromatic rings. The topological polar surface area (TPSA) is 131 Å². The number of carbonyl (C=O) groups is 3. The highest BCUT2D eigenvalue weighted by Crippen LogP contribution is 2.42. The Bertz CT molecular complexity index is 1500. The summed E-state index contributed by atoms with van der Waals surface area (Å²) in [6.45, 7) is 0.964. The van der Waals surface area contributed by atoms with Crippen molar-refractivity contribution in [3.8, 4) is 11.5 Å². The maximum atomic E-state index is 13.8. The van der Waals surface area contributed by atoms with E-state index in [9.17, 15) is 22.8 Å². The fourth-order valence-corrected chi connectivity index (χ4v) is 6.24. The van der Waals surface area contributed by atoms with Gasteiger partial charge < -0.3 is 25.0 Å². The SMILES string of the molecule is COc1ccc(C2CC(=O)N(CC(=O)Nc3cccc(NC(C)=O)c3)c3ccccc3S2(=O)=O)cc1OC. The fraction of sp³-hybridized carbons (Fsp3) is 0.222. The molecular weight excluding hydrogens is 510 g/mol. The number of nitrogens with zero attached hydrogens (tertiary/aromatic N) is 1. The van der Waals surface area contributed by atoms with E-state index in [1.54, 1.807) is 54.6 Å². The van der Waals surface area contributed by atoms with E-state index in [4.69, 9.17) is 9.47 Å². The number of methoxy groups -OCH3 is 2. The van der Waals surface area contributed by atoms with Crippen LogP contribution in [0.15, 0.2) is 71.6 Å². The number of hydrogen-bond donors (Lipinski definition) is 2. The molecule has 0 aliphatic carbocycles. The number of anilines is 3. The summed E-state index contributed by atoms with van der Waals surface area (Å²) in [5.41, 5.74) is 1.40. The second-order valence-electron chi connectivity index (χ2n) is 8.61. The van der Waals surface area contributed by atoms with E-state index in [-0.39, 0.29) is 22.9 Å². The van der Waals surface area contributed by atoms with Crippen molar-refractivity contribution in [1.29, 1.82) is 0 Å². The minimum absolute atomic E-state index is 0.0499. The van der Waals surface area contributed by atoms with Crippen molar-refractivity contribution in [1.82, 2.24) is 0 Å². The maximum absolute atomic E-state index is 13.8. The summed E-state index contributed by atoms with van der Waals surface area (Å²) in [5, 5.41) is 4.14. The number of nitrogens with one attached hydrogen (secondary N) is 2. The van der Waals surface area contributed by atoms with Gasteiger partial charge in [0, 0.05) is 24.7 Å². The van der Waals surface area contributed by atoms with Crippen LogP contribution >= 0.6 is 0 Å². The molecule has 1 aliphatic heterocycles. The predicted molar refractivity (Wildman–Crippen MR) is 142 cm³/mol. The number of para-hydroxylation sites is 1. The van der Waals surface area contributed by atoms with Crippen LogP contribution in [0, 0.1) is 0 Å². The highest BCUT2D eigenvalue weighted by Gasteiger charge is 2.40. The van der Waals surface area contributed by atoms with Gasteiger partial charge in [0.25, 0.3) is 0 Å². The van der Waals surface area contributed by atoms with Crippen molar-refractivity contribution in [3.05, 3.63) is 72.3 Å². The van der Waals surface area contributed by atoms with Crippen LogP contribution < -0.4 is 25.0 Å². The Morgan fingerprint density at radius 1 is 0.921 bits per heavy atom. The molecule has 1 aliphatic rings. The summed E-state index contributed by atoms with van der Waals surface area (Å²) in [5.74, 6) is -0.557. The number of carbonyl (C=O) groups excluding carboxylic acids is 3. The van der Waals surface area contributed by atoms with E-state index in [1.165, 1.54) is 38.2 Å². The third-order valence-corrected chi connectivity index (χ3v) is 8.19. The zero-order chi connectivity index (χ0) is 27.4. The lowest BCUT2D eigenvalue weighted by Crippen LogP contribution is -2.38. The quantitative estimate of drug-likeness (QED) is 0.471. The van der Waals surface area contributed by atoms with Crippen molar-refractivity contribution in [2.45, 2.75) is 23.5 Å². The molecule has 0 fully saturated rings. The van der Waals surface area contributed by atoms with Crippen LogP contribution in [-0.4, -0.2) is 46.9 Å². The van der Waals surface area contributed by atoms with Crippen LogP contribution in [0.1, 0.15) is 24.2 Å². The zero-order valence-corrected chi connectivity index (χ0v) is 21.9. The van der Waals surface area contributed by atoms with E-state index in [1.807, 2.05) is 0 Å². The van der Waals surface area contributed by atoms with E-state index in [0.29, 0.717) is 28.4 Å². The third-order valence-electron chi connectivity index (χ3n) is 6.05. The van der Waals surface area contributed by atoms with Gasteiger partial charge in [0.05, 0.1) is 30.1 Å². The summed E-state index contributed by atoms with van der Waals surface area (Å²) in [7, 11) is -1.11. The van der Waals surface area contributed by atoms with Gasteiger partial charge in [-0.15, -0.1) is 0 Å². The smallest absolute Gasteiger partial charge is 0.244 e. The monoisotopic (exact) mass is 537 g/mol. The summed E-state index contributed by atoms with van der Waals surface area (Å²) in [4.78, 5) is 38.9. The lowest BCUT2D eigenvalue weighted by atomic mass is 10.1. The average molecular weight is 538 g/mol. The number of rotatable bonds is 7. The number of fused-ring (bicyclic) bond motifs is 1. The number of sulfone groups is 1. The molecule has 198 valence electrons. The highest BCUT2D eigenvalue weighted by atomic mass is 32.2. The first kappa shape index (κ1) is 26.7. The van der Waals surface area contributed by atoms with Crippen molar-refractivity contribution in [2.24, 2.45) is 0 Å². The van der Waals surface area contributed by atoms with Gasteiger partial charge in [-0.05, 0) is 48.0 Å². The standard InChI is InChI=1S/C27H27N3O7S/c1-17(31)28-19-7-6-8-20(14-19)29-26(32)16-30-21-9-4-5-10-24(21)38(34,35)25(15-27(30)33)18-11-12-22(36-2)23(13-18)37-3/h4-14,25H,15-16H2,1-3H3,(H,28,31)(H,29,32).